The molecule has 24 heavy (non-hydrogen) atoms. The highest BCUT2D eigenvalue weighted by molar-refractivity contribution is 7.17. The molecule has 0 fully saturated rings. The first-order chi connectivity index (χ1) is 11.4. The van der Waals surface area contributed by atoms with Crippen LogP contribution in [0.1, 0.15) is 26.5 Å². The summed E-state index contributed by atoms with van der Waals surface area (Å²) in [4.78, 5) is 32.7. The van der Waals surface area contributed by atoms with Crippen molar-refractivity contribution in [2.75, 3.05) is 7.05 Å². The smallest absolute Gasteiger partial charge is 0.271 e. The molecule has 0 aliphatic carbocycles. The van der Waals surface area contributed by atoms with E-state index in [9.17, 15) is 9.59 Å². The van der Waals surface area contributed by atoms with Crippen LogP contribution < -0.4 is 5.56 Å². The molecule has 1 aromatic carbocycles. The lowest BCUT2D eigenvalue weighted by molar-refractivity contribution is 0.0782. The molecule has 0 saturated heterocycles. The van der Waals surface area contributed by atoms with Gasteiger partial charge < -0.3 is 4.90 Å². The van der Waals surface area contributed by atoms with Crippen LogP contribution in [0.25, 0.3) is 4.96 Å². The van der Waals surface area contributed by atoms with Gasteiger partial charge in [-0.15, -0.1) is 11.3 Å². The predicted molar refractivity (Wildman–Crippen MR) is 96.1 cm³/mol. The Hall–Kier alpha value is -2.18. The van der Waals surface area contributed by atoms with Crippen LogP contribution in [-0.2, 0) is 6.54 Å². The Balaban J connectivity index is 1.93. The van der Waals surface area contributed by atoms with Gasteiger partial charge in [-0.05, 0) is 31.5 Å². The number of rotatable bonds is 3. The lowest BCUT2D eigenvalue weighted by Gasteiger charge is -2.17. The predicted octanol–water partition coefficient (Wildman–Crippen LogP) is 3.30. The monoisotopic (exact) mass is 361 g/mol. The molecule has 0 saturated carbocycles. The van der Waals surface area contributed by atoms with Gasteiger partial charge in [0.15, 0.2) is 4.96 Å². The molecule has 0 radical (unpaired) electrons. The van der Waals surface area contributed by atoms with Crippen molar-refractivity contribution < 1.29 is 4.79 Å². The molecule has 1 amide bonds. The van der Waals surface area contributed by atoms with Crippen molar-refractivity contribution in [3.8, 4) is 0 Å². The molecule has 0 bridgehead atoms. The standard InChI is InChI=1S/C17H16ClN3O2S/c1-10-11(2)24-17-19-8-14(16(23)21(10)17)15(22)20(3)9-12-4-6-13(18)7-5-12/h4-8H,9H2,1-3H3. The highest BCUT2D eigenvalue weighted by atomic mass is 35.5. The quantitative estimate of drug-likeness (QED) is 0.719. The average molecular weight is 362 g/mol. The van der Waals surface area contributed by atoms with Crippen molar-refractivity contribution in [2.24, 2.45) is 0 Å². The largest absolute Gasteiger partial charge is 0.337 e. The third-order valence-corrected chi connectivity index (χ3v) is 5.25. The number of halogens is 1. The lowest BCUT2D eigenvalue weighted by atomic mass is 10.2. The molecule has 7 heteroatoms. The number of aromatic nitrogens is 2. The minimum Gasteiger partial charge on any atom is -0.337 e. The molecule has 0 spiro atoms. The molecule has 5 nitrogen and oxygen atoms in total. The number of benzene rings is 1. The number of carbonyl (C=O) groups is 1. The summed E-state index contributed by atoms with van der Waals surface area (Å²) in [7, 11) is 1.66. The number of fused-ring (bicyclic) bond motifs is 1. The average Bonchev–Trinajstić information content (AvgIpc) is 2.85. The third-order valence-electron chi connectivity index (χ3n) is 3.93. The van der Waals surface area contributed by atoms with Gasteiger partial charge in [0.2, 0.25) is 0 Å². The van der Waals surface area contributed by atoms with Gasteiger partial charge in [-0.3, -0.25) is 14.0 Å². The van der Waals surface area contributed by atoms with Gasteiger partial charge in [-0.1, -0.05) is 23.7 Å². The summed E-state index contributed by atoms with van der Waals surface area (Å²) in [6.07, 6.45) is 1.37. The minimum absolute atomic E-state index is 0.0739. The fourth-order valence-electron chi connectivity index (χ4n) is 2.46. The van der Waals surface area contributed by atoms with Crippen LogP contribution in [0.5, 0.6) is 0 Å². The number of amides is 1. The maximum atomic E-state index is 12.7. The van der Waals surface area contributed by atoms with E-state index in [4.69, 9.17) is 11.6 Å². The molecule has 0 atom stereocenters. The number of hydrogen-bond acceptors (Lipinski definition) is 4. The highest BCUT2D eigenvalue weighted by Gasteiger charge is 2.19. The number of aryl methyl sites for hydroxylation is 2. The van der Waals surface area contributed by atoms with E-state index in [1.165, 1.54) is 26.8 Å². The first-order valence-electron chi connectivity index (χ1n) is 7.36. The third kappa shape index (κ3) is 2.95. The zero-order chi connectivity index (χ0) is 17.4. The topological polar surface area (TPSA) is 54.7 Å². The second-order valence-corrected chi connectivity index (χ2v) is 7.24. The van der Waals surface area contributed by atoms with Crippen molar-refractivity contribution >= 4 is 33.8 Å². The summed E-state index contributed by atoms with van der Waals surface area (Å²) in [5, 5.41) is 0.643. The van der Waals surface area contributed by atoms with Crippen LogP contribution >= 0.6 is 22.9 Å². The molecular weight excluding hydrogens is 346 g/mol. The van der Waals surface area contributed by atoms with Gasteiger partial charge in [0, 0.05) is 35.4 Å². The summed E-state index contributed by atoms with van der Waals surface area (Å²) in [6, 6.07) is 7.25. The van der Waals surface area contributed by atoms with Crippen LogP contribution in [0.4, 0.5) is 0 Å². The second-order valence-electron chi connectivity index (χ2n) is 5.63. The van der Waals surface area contributed by atoms with E-state index in [-0.39, 0.29) is 17.0 Å². The van der Waals surface area contributed by atoms with Crippen LogP contribution in [-0.4, -0.2) is 27.2 Å². The SMILES string of the molecule is Cc1sc2ncc(C(=O)N(C)Cc3ccc(Cl)cc3)c(=O)n2c1C. The van der Waals surface area contributed by atoms with E-state index >= 15 is 0 Å². The molecule has 2 aromatic heterocycles. The molecule has 3 aromatic rings. The first kappa shape index (κ1) is 16.7. The van der Waals surface area contributed by atoms with E-state index in [0.717, 1.165) is 16.1 Å². The van der Waals surface area contributed by atoms with Gasteiger partial charge in [0.1, 0.15) is 5.56 Å². The maximum absolute atomic E-state index is 12.7. The van der Waals surface area contributed by atoms with E-state index in [1.807, 2.05) is 26.0 Å². The van der Waals surface area contributed by atoms with E-state index in [1.54, 1.807) is 19.2 Å². The zero-order valence-corrected chi connectivity index (χ0v) is 15.1. The lowest BCUT2D eigenvalue weighted by Crippen LogP contribution is -2.33. The van der Waals surface area contributed by atoms with Crippen molar-refractivity contribution in [2.45, 2.75) is 20.4 Å². The number of nitrogens with zero attached hydrogens (tertiary/aromatic N) is 3. The van der Waals surface area contributed by atoms with Crippen molar-refractivity contribution in [3.63, 3.8) is 0 Å². The number of carbonyl (C=O) groups excluding carboxylic acids is 1. The Morgan fingerprint density at radius 3 is 2.62 bits per heavy atom. The Morgan fingerprint density at radius 2 is 1.96 bits per heavy atom. The maximum Gasteiger partial charge on any atom is 0.271 e. The van der Waals surface area contributed by atoms with Crippen molar-refractivity contribution in [1.29, 1.82) is 0 Å². The second kappa shape index (κ2) is 6.37. The number of hydrogen-bond donors (Lipinski definition) is 0. The minimum atomic E-state index is -0.347. The van der Waals surface area contributed by atoms with Gasteiger partial charge >= 0.3 is 0 Å². The molecule has 2 heterocycles. The molecular formula is C17H16ClN3O2S. The summed E-state index contributed by atoms with van der Waals surface area (Å²) in [6.45, 7) is 4.18. The van der Waals surface area contributed by atoms with E-state index in [0.29, 0.717) is 16.5 Å². The molecule has 0 aliphatic rings. The van der Waals surface area contributed by atoms with Crippen molar-refractivity contribution in [3.05, 3.63) is 67.5 Å². The van der Waals surface area contributed by atoms with Crippen molar-refractivity contribution in [1.82, 2.24) is 14.3 Å². The van der Waals surface area contributed by atoms with Gasteiger partial charge in [0.25, 0.3) is 11.5 Å². The molecule has 3 rings (SSSR count). The fourth-order valence-corrected chi connectivity index (χ4v) is 3.52. The zero-order valence-electron chi connectivity index (χ0n) is 13.5. The Kier molecular flexibility index (Phi) is 4.43. The van der Waals surface area contributed by atoms with Crippen LogP contribution in [0, 0.1) is 13.8 Å². The summed E-state index contributed by atoms with van der Waals surface area (Å²) >= 11 is 7.31. The van der Waals surface area contributed by atoms with Gasteiger partial charge in [0.05, 0.1) is 0 Å². The van der Waals surface area contributed by atoms with Crippen LogP contribution in [0.15, 0.2) is 35.3 Å². The summed E-state index contributed by atoms with van der Waals surface area (Å²) < 4.78 is 1.50. The molecule has 0 N–H and O–H groups in total. The summed E-state index contributed by atoms with van der Waals surface area (Å²) in [5.41, 5.74) is 1.51. The first-order valence-corrected chi connectivity index (χ1v) is 8.55. The van der Waals surface area contributed by atoms with E-state index < -0.39 is 0 Å². The molecule has 124 valence electrons. The van der Waals surface area contributed by atoms with Crippen LogP contribution in [0.2, 0.25) is 5.02 Å². The van der Waals surface area contributed by atoms with Crippen LogP contribution in [0.3, 0.4) is 0 Å². The van der Waals surface area contributed by atoms with E-state index in [2.05, 4.69) is 4.98 Å². The van der Waals surface area contributed by atoms with Gasteiger partial charge in [-0.25, -0.2) is 4.98 Å². The molecule has 0 aliphatic heterocycles. The Labute approximate surface area is 148 Å². The highest BCUT2D eigenvalue weighted by Crippen LogP contribution is 2.18. The Morgan fingerprint density at radius 1 is 1.29 bits per heavy atom. The fraction of sp³-hybridized carbons (Fsp3) is 0.235. The summed E-state index contributed by atoms with van der Waals surface area (Å²) in [5.74, 6) is -0.347. The molecule has 0 unspecified atom stereocenters. The Bertz CT molecular complexity index is 976. The number of thiazole rings is 1. The normalized spacial score (nSPS) is 11.0. The van der Waals surface area contributed by atoms with Gasteiger partial charge in [-0.2, -0.15) is 0 Å².